The van der Waals surface area contributed by atoms with E-state index in [-0.39, 0.29) is 23.1 Å². The first-order valence-corrected chi connectivity index (χ1v) is 8.77. The number of likely N-dealkylation sites (tertiary alicyclic amines) is 1. The van der Waals surface area contributed by atoms with Crippen molar-refractivity contribution in [2.24, 2.45) is 5.92 Å². The minimum atomic E-state index is -0.911. The Bertz CT molecular complexity index is 721. The maximum absolute atomic E-state index is 12.6. The molecule has 1 aliphatic heterocycles. The summed E-state index contributed by atoms with van der Waals surface area (Å²) in [4.78, 5) is 37.3. The number of amides is 2. The van der Waals surface area contributed by atoms with E-state index in [4.69, 9.17) is 16.7 Å². The highest BCUT2D eigenvalue weighted by molar-refractivity contribution is 6.31. The lowest BCUT2D eigenvalue weighted by atomic mass is 9.97. The van der Waals surface area contributed by atoms with E-state index in [2.05, 4.69) is 5.32 Å². The van der Waals surface area contributed by atoms with Crippen LogP contribution in [0, 0.1) is 12.8 Å². The predicted molar refractivity (Wildman–Crippen MR) is 95.5 cm³/mol. The molecule has 1 saturated heterocycles. The average Bonchev–Trinajstić information content (AvgIpc) is 2.56. The zero-order valence-electron chi connectivity index (χ0n) is 14.7. The molecule has 0 spiro atoms. The number of aromatic nitrogens is 1. The summed E-state index contributed by atoms with van der Waals surface area (Å²) in [5, 5.41) is 12.1. The summed E-state index contributed by atoms with van der Waals surface area (Å²) in [6.07, 6.45) is 0.473. The van der Waals surface area contributed by atoms with Crippen LogP contribution in [0.4, 0.5) is 4.79 Å². The first kappa shape index (κ1) is 19.3. The number of hydrogen-bond donors (Lipinski definition) is 2. The highest BCUT2D eigenvalue weighted by Crippen LogP contribution is 2.19. The maximum atomic E-state index is 12.6. The minimum absolute atomic E-state index is 0.0345. The van der Waals surface area contributed by atoms with Gasteiger partial charge in [0.05, 0.1) is 5.02 Å². The third-order valence-corrected chi connectivity index (χ3v) is 5.01. The van der Waals surface area contributed by atoms with Crippen LogP contribution >= 0.6 is 11.6 Å². The van der Waals surface area contributed by atoms with Crippen molar-refractivity contribution >= 4 is 23.6 Å². The smallest absolute Gasteiger partial charge is 0.407 e. The van der Waals surface area contributed by atoms with Gasteiger partial charge >= 0.3 is 6.09 Å². The van der Waals surface area contributed by atoms with Gasteiger partial charge in [-0.15, -0.1) is 0 Å². The molecule has 1 aromatic heterocycles. The van der Waals surface area contributed by atoms with Crippen LogP contribution in [0.1, 0.15) is 48.8 Å². The molecule has 1 aliphatic rings. The quantitative estimate of drug-likeness (QED) is 0.853. The van der Waals surface area contributed by atoms with Gasteiger partial charge in [0.25, 0.3) is 11.5 Å². The van der Waals surface area contributed by atoms with Crippen LogP contribution in [0.3, 0.4) is 0 Å². The Morgan fingerprint density at radius 2 is 1.96 bits per heavy atom. The summed E-state index contributed by atoms with van der Waals surface area (Å²) in [5.74, 6) is -0.241. The van der Waals surface area contributed by atoms with Crippen LogP contribution < -0.4 is 10.9 Å². The summed E-state index contributed by atoms with van der Waals surface area (Å²) in [7, 11) is 0. The zero-order chi connectivity index (χ0) is 18.7. The van der Waals surface area contributed by atoms with E-state index in [0.717, 1.165) is 0 Å². The van der Waals surface area contributed by atoms with Crippen molar-refractivity contribution in [3.8, 4) is 0 Å². The van der Waals surface area contributed by atoms with Crippen molar-refractivity contribution in [3.05, 3.63) is 32.7 Å². The molecule has 2 heterocycles. The van der Waals surface area contributed by atoms with Crippen LogP contribution in [-0.4, -0.2) is 46.2 Å². The number of nitrogens with one attached hydrogen (secondary N) is 1. The van der Waals surface area contributed by atoms with E-state index in [1.165, 1.54) is 15.5 Å². The number of carboxylic acid groups (broad SMARTS) is 1. The van der Waals surface area contributed by atoms with Crippen molar-refractivity contribution in [1.29, 1.82) is 0 Å². The molecule has 0 unspecified atom stereocenters. The highest BCUT2D eigenvalue weighted by Gasteiger charge is 2.24. The van der Waals surface area contributed by atoms with Gasteiger partial charge in [0.1, 0.15) is 5.56 Å². The van der Waals surface area contributed by atoms with Gasteiger partial charge in [-0.1, -0.05) is 11.6 Å². The number of hydrogen-bond acceptors (Lipinski definition) is 3. The molecule has 0 aliphatic carbocycles. The molecule has 0 bridgehead atoms. The van der Waals surface area contributed by atoms with E-state index in [1.807, 2.05) is 13.8 Å². The molecule has 1 fully saturated rings. The van der Waals surface area contributed by atoms with E-state index in [1.54, 1.807) is 6.92 Å². The number of piperidine rings is 1. The Morgan fingerprint density at radius 1 is 1.36 bits per heavy atom. The second-order valence-corrected chi connectivity index (χ2v) is 7.09. The van der Waals surface area contributed by atoms with Crippen LogP contribution in [0.25, 0.3) is 0 Å². The zero-order valence-corrected chi connectivity index (χ0v) is 15.5. The number of carbonyl (C=O) groups is 2. The van der Waals surface area contributed by atoms with Gasteiger partial charge in [0.15, 0.2) is 0 Å². The van der Waals surface area contributed by atoms with E-state index < -0.39 is 12.0 Å². The SMILES string of the molecule is Cc1c(Cl)cc(C(=O)NCC2CCN(C(=O)O)CC2)c(=O)n1C(C)C. The number of nitrogens with zero attached hydrogens (tertiary/aromatic N) is 2. The van der Waals surface area contributed by atoms with Crippen LogP contribution in [-0.2, 0) is 0 Å². The molecule has 2 amide bonds. The van der Waals surface area contributed by atoms with Crippen molar-refractivity contribution < 1.29 is 14.7 Å². The Balaban J connectivity index is 2.05. The summed E-state index contributed by atoms with van der Waals surface area (Å²) >= 11 is 6.17. The topological polar surface area (TPSA) is 91.6 Å². The van der Waals surface area contributed by atoms with Crippen molar-refractivity contribution in [3.63, 3.8) is 0 Å². The Hall–Kier alpha value is -2.02. The first-order valence-electron chi connectivity index (χ1n) is 8.40. The van der Waals surface area contributed by atoms with Crippen molar-refractivity contribution in [2.75, 3.05) is 19.6 Å². The molecule has 2 rings (SSSR count). The molecular formula is C17H24ClN3O4. The summed E-state index contributed by atoms with van der Waals surface area (Å²) in [6, 6.07) is 1.32. The molecule has 25 heavy (non-hydrogen) atoms. The molecule has 7 nitrogen and oxygen atoms in total. The van der Waals surface area contributed by atoms with Gasteiger partial charge < -0.3 is 19.9 Å². The van der Waals surface area contributed by atoms with Gasteiger partial charge in [-0.2, -0.15) is 0 Å². The number of carbonyl (C=O) groups excluding carboxylic acids is 1. The third kappa shape index (κ3) is 4.34. The second kappa shape index (κ2) is 7.91. The Labute approximate surface area is 151 Å². The van der Waals surface area contributed by atoms with Gasteiger partial charge in [-0.05, 0) is 45.6 Å². The molecule has 0 atom stereocenters. The largest absolute Gasteiger partial charge is 0.465 e. The predicted octanol–water partition coefficient (Wildman–Crippen LogP) is 2.51. The summed E-state index contributed by atoms with van der Waals surface area (Å²) < 4.78 is 1.52. The molecule has 8 heteroatoms. The number of pyridine rings is 1. The molecule has 0 saturated carbocycles. The van der Waals surface area contributed by atoms with Crippen LogP contribution in [0.2, 0.25) is 5.02 Å². The Morgan fingerprint density at radius 3 is 2.48 bits per heavy atom. The van der Waals surface area contributed by atoms with Gasteiger partial charge in [-0.25, -0.2) is 4.79 Å². The lowest BCUT2D eigenvalue weighted by Gasteiger charge is -2.30. The monoisotopic (exact) mass is 369 g/mol. The molecule has 138 valence electrons. The molecular weight excluding hydrogens is 346 g/mol. The molecule has 0 aromatic carbocycles. The lowest BCUT2D eigenvalue weighted by Crippen LogP contribution is -2.42. The fraction of sp³-hybridized carbons (Fsp3) is 0.588. The highest BCUT2D eigenvalue weighted by atomic mass is 35.5. The summed E-state index contributed by atoms with van der Waals surface area (Å²) in [6.45, 7) is 6.82. The standard InChI is InChI=1S/C17H24ClN3O4/c1-10(2)21-11(3)14(18)8-13(16(21)23)15(22)19-9-12-4-6-20(7-5-12)17(24)25/h8,10,12H,4-7,9H2,1-3H3,(H,19,22)(H,24,25). The van der Waals surface area contributed by atoms with Crippen LogP contribution in [0.15, 0.2) is 10.9 Å². The third-order valence-electron chi connectivity index (χ3n) is 4.62. The van der Waals surface area contributed by atoms with Gasteiger partial charge in [-0.3, -0.25) is 9.59 Å². The number of rotatable bonds is 4. The summed E-state index contributed by atoms with van der Waals surface area (Å²) in [5.41, 5.74) is 0.321. The molecule has 1 aromatic rings. The number of halogens is 1. The fourth-order valence-electron chi connectivity index (χ4n) is 3.14. The van der Waals surface area contributed by atoms with Crippen molar-refractivity contribution in [2.45, 2.75) is 39.7 Å². The molecule has 2 N–H and O–H groups in total. The lowest BCUT2D eigenvalue weighted by molar-refractivity contribution is 0.0926. The first-order chi connectivity index (χ1) is 11.7. The fourth-order valence-corrected chi connectivity index (χ4v) is 3.34. The Kier molecular flexibility index (Phi) is 6.11. The second-order valence-electron chi connectivity index (χ2n) is 6.68. The van der Waals surface area contributed by atoms with Gasteiger partial charge in [0.2, 0.25) is 0 Å². The normalized spacial score (nSPS) is 15.5. The minimum Gasteiger partial charge on any atom is -0.465 e. The van der Waals surface area contributed by atoms with E-state index >= 15 is 0 Å². The van der Waals surface area contributed by atoms with Crippen LogP contribution in [0.5, 0.6) is 0 Å². The van der Waals surface area contributed by atoms with Gasteiger partial charge in [0, 0.05) is 31.4 Å². The van der Waals surface area contributed by atoms with E-state index in [9.17, 15) is 14.4 Å². The molecule has 0 radical (unpaired) electrons. The van der Waals surface area contributed by atoms with E-state index in [0.29, 0.717) is 43.2 Å². The maximum Gasteiger partial charge on any atom is 0.407 e. The van der Waals surface area contributed by atoms with Crippen molar-refractivity contribution in [1.82, 2.24) is 14.8 Å². The average molecular weight is 370 g/mol.